The highest BCUT2D eigenvalue weighted by Gasteiger charge is 2.20. The van der Waals surface area contributed by atoms with E-state index in [4.69, 9.17) is 14.2 Å². The van der Waals surface area contributed by atoms with Crippen LogP contribution >= 0.6 is 0 Å². The molecular formula is C31H45F3O3. The van der Waals surface area contributed by atoms with Crippen LogP contribution in [-0.4, -0.2) is 19.8 Å². The molecule has 0 fully saturated rings. The van der Waals surface area contributed by atoms with Crippen LogP contribution in [0.25, 0.3) is 11.1 Å². The van der Waals surface area contributed by atoms with Crippen LogP contribution in [0.4, 0.5) is 13.2 Å². The van der Waals surface area contributed by atoms with Crippen LogP contribution in [0.15, 0.2) is 24.3 Å². The molecule has 3 nitrogen and oxygen atoms in total. The van der Waals surface area contributed by atoms with Gasteiger partial charge < -0.3 is 14.2 Å². The number of rotatable bonds is 20. The molecule has 2 aromatic carbocycles. The van der Waals surface area contributed by atoms with Crippen LogP contribution in [0.5, 0.6) is 17.2 Å². The summed E-state index contributed by atoms with van der Waals surface area (Å²) in [6.45, 7) is 6.76. The summed E-state index contributed by atoms with van der Waals surface area (Å²) in [7, 11) is 0. The first-order valence-electron chi connectivity index (χ1n) is 14.2. The van der Waals surface area contributed by atoms with E-state index < -0.39 is 23.9 Å². The molecule has 0 atom stereocenters. The zero-order valence-corrected chi connectivity index (χ0v) is 23.0. The van der Waals surface area contributed by atoms with Gasteiger partial charge in [-0.05, 0) is 37.0 Å². The van der Waals surface area contributed by atoms with Gasteiger partial charge in [-0.3, -0.25) is 0 Å². The Morgan fingerprint density at radius 1 is 0.568 bits per heavy atom. The van der Waals surface area contributed by atoms with Crippen LogP contribution in [0.2, 0.25) is 0 Å². The molecule has 0 aliphatic heterocycles. The van der Waals surface area contributed by atoms with Gasteiger partial charge in [-0.15, -0.1) is 0 Å². The molecule has 2 rings (SSSR count). The minimum atomic E-state index is -1.20. The van der Waals surface area contributed by atoms with Crippen molar-refractivity contribution in [1.29, 1.82) is 0 Å². The molecule has 208 valence electrons. The van der Waals surface area contributed by atoms with Gasteiger partial charge in [0.25, 0.3) is 0 Å². The van der Waals surface area contributed by atoms with Gasteiger partial charge in [0, 0.05) is 12.1 Å². The summed E-state index contributed by atoms with van der Waals surface area (Å²) in [5.41, 5.74) is 0.154. The minimum absolute atomic E-state index is 0.258. The van der Waals surface area contributed by atoms with Crippen molar-refractivity contribution in [2.24, 2.45) is 0 Å². The monoisotopic (exact) mass is 522 g/mol. The molecule has 0 N–H and O–H groups in total. The molecular weight excluding hydrogens is 477 g/mol. The Balaban J connectivity index is 2.42. The predicted octanol–water partition coefficient (Wildman–Crippen LogP) is 9.98. The maximum atomic E-state index is 14.6. The number of hydrogen-bond acceptors (Lipinski definition) is 3. The molecule has 0 bridgehead atoms. The third-order valence-electron chi connectivity index (χ3n) is 6.38. The van der Waals surface area contributed by atoms with Crippen LogP contribution < -0.4 is 14.2 Å². The van der Waals surface area contributed by atoms with E-state index in [0.29, 0.717) is 42.6 Å². The molecule has 0 radical (unpaired) electrons. The van der Waals surface area contributed by atoms with Crippen molar-refractivity contribution < 1.29 is 27.4 Å². The lowest BCUT2D eigenvalue weighted by Gasteiger charge is -2.19. The topological polar surface area (TPSA) is 27.7 Å². The van der Waals surface area contributed by atoms with Gasteiger partial charge in [0.1, 0.15) is 35.6 Å². The first-order valence-corrected chi connectivity index (χ1v) is 14.2. The van der Waals surface area contributed by atoms with E-state index in [1.807, 2.05) is 0 Å². The molecule has 0 saturated heterocycles. The zero-order valence-electron chi connectivity index (χ0n) is 23.0. The molecule has 0 spiro atoms. The van der Waals surface area contributed by atoms with Gasteiger partial charge in [-0.2, -0.15) is 0 Å². The predicted molar refractivity (Wildman–Crippen MR) is 146 cm³/mol. The normalized spacial score (nSPS) is 11.1. The quantitative estimate of drug-likeness (QED) is 0.162. The second-order valence-electron chi connectivity index (χ2n) is 9.57. The van der Waals surface area contributed by atoms with Gasteiger partial charge in [-0.25, -0.2) is 13.2 Å². The van der Waals surface area contributed by atoms with Crippen LogP contribution in [-0.2, 0) is 6.67 Å². The Labute approximate surface area is 221 Å². The maximum Gasteiger partial charge on any atom is 0.134 e. The Kier molecular flexibility index (Phi) is 15.0. The Bertz CT molecular complexity index is 859. The number of benzene rings is 2. The molecule has 0 aliphatic carbocycles. The second kappa shape index (κ2) is 18.0. The van der Waals surface area contributed by atoms with Gasteiger partial charge in [-0.1, -0.05) is 78.6 Å². The van der Waals surface area contributed by atoms with Crippen molar-refractivity contribution in [3.63, 3.8) is 0 Å². The SMILES string of the molecule is CCCCCCOc1cc(OCCCCCC)c(-c2cc(F)c(CF)c(F)c2)c(OCCCCCC)c1. The van der Waals surface area contributed by atoms with Crippen molar-refractivity contribution in [2.75, 3.05) is 19.8 Å². The van der Waals surface area contributed by atoms with Gasteiger partial charge >= 0.3 is 0 Å². The van der Waals surface area contributed by atoms with Crippen LogP contribution in [0.3, 0.4) is 0 Å². The summed E-state index contributed by atoms with van der Waals surface area (Å²) in [5.74, 6) is -0.322. The summed E-state index contributed by atoms with van der Waals surface area (Å²) < 4.78 is 60.8. The minimum Gasteiger partial charge on any atom is -0.493 e. The number of alkyl halides is 1. The van der Waals surface area contributed by atoms with E-state index in [1.165, 1.54) is 0 Å². The highest BCUT2D eigenvalue weighted by atomic mass is 19.1. The fourth-order valence-corrected chi connectivity index (χ4v) is 4.18. The fourth-order valence-electron chi connectivity index (χ4n) is 4.18. The van der Waals surface area contributed by atoms with E-state index in [0.717, 1.165) is 89.2 Å². The highest BCUT2D eigenvalue weighted by Crippen LogP contribution is 2.43. The summed E-state index contributed by atoms with van der Waals surface area (Å²) in [6.07, 6.45) is 12.6. The van der Waals surface area contributed by atoms with Gasteiger partial charge in [0.2, 0.25) is 0 Å². The van der Waals surface area contributed by atoms with E-state index in [9.17, 15) is 13.2 Å². The van der Waals surface area contributed by atoms with Crippen molar-refractivity contribution >= 4 is 0 Å². The van der Waals surface area contributed by atoms with E-state index in [-0.39, 0.29) is 5.56 Å². The summed E-state index contributed by atoms with van der Waals surface area (Å²) in [5, 5.41) is 0. The van der Waals surface area contributed by atoms with Gasteiger partial charge in [0.05, 0.1) is 30.9 Å². The molecule has 0 heterocycles. The lowest BCUT2D eigenvalue weighted by Crippen LogP contribution is -2.06. The largest absolute Gasteiger partial charge is 0.493 e. The molecule has 37 heavy (non-hydrogen) atoms. The first-order chi connectivity index (χ1) is 18.0. The Morgan fingerprint density at radius 3 is 1.41 bits per heavy atom. The molecule has 0 aromatic heterocycles. The molecule has 0 saturated carbocycles. The molecule has 6 heteroatoms. The van der Waals surface area contributed by atoms with Crippen LogP contribution in [0.1, 0.15) is 103 Å². The molecule has 0 aliphatic rings. The number of hydrogen-bond donors (Lipinski definition) is 0. The van der Waals surface area contributed by atoms with E-state index >= 15 is 0 Å². The average molecular weight is 523 g/mol. The molecule has 0 unspecified atom stereocenters. The first kappa shape index (κ1) is 30.9. The van der Waals surface area contributed by atoms with Crippen molar-refractivity contribution in [2.45, 2.75) is 104 Å². The van der Waals surface area contributed by atoms with Crippen LogP contribution in [0, 0.1) is 11.6 Å². The third-order valence-corrected chi connectivity index (χ3v) is 6.38. The average Bonchev–Trinajstić information content (AvgIpc) is 2.88. The zero-order chi connectivity index (χ0) is 26.9. The van der Waals surface area contributed by atoms with Crippen molar-refractivity contribution in [3.05, 3.63) is 41.5 Å². The maximum absolute atomic E-state index is 14.6. The second-order valence-corrected chi connectivity index (χ2v) is 9.57. The van der Waals surface area contributed by atoms with Crippen molar-refractivity contribution in [3.8, 4) is 28.4 Å². The standard InChI is InChI=1S/C31H45F3O3/c1-4-7-10-13-16-35-25-21-29(36-17-14-11-8-5-2)31(30(22-25)37-18-15-12-9-6-3)24-19-27(33)26(23-32)28(34)20-24/h19-22H,4-18,23H2,1-3H3. The van der Waals surface area contributed by atoms with E-state index in [1.54, 1.807) is 12.1 Å². The molecule has 0 amide bonds. The van der Waals surface area contributed by atoms with E-state index in [2.05, 4.69) is 20.8 Å². The Morgan fingerprint density at radius 2 is 1.00 bits per heavy atom. The molecule has 2 aromatic rings. The lowest BCUT2D eigenvalue weighted by molar-refractivity contribution is 0.278. The number of unbranched alkanes of at least 4 members (excludes halogenated alkanes) is 9. The number of halogens is 3. The highest BCUT2D eigenvalue weighted by molar-refractivity contribution is 5.78. The lowest BCUT2D eigenvalue weighted by atomic mass is 10.0. The summed E-state index contributed by atoms with van der Waals surface area (Å²) >= 11 is 0. The van der Waals surface area contributed by atoms with Crippen molar-refractivity contribution in [1.82, 2.24) is 0 Å². The third kappa shape index (κ3) is 10.5. The smallest absolute Gasteiger partial charge is 0.134 e. The fraction of sp³-hybridized carbons (Fsp3) is 0.613. The number of ether oxygens (including phenoxy) is 3. The Hall–Kier alpha value is -2.37. The summed E-state index contributed by atoms with van der Waals surface area (Å²) in [6, 6.07) is 5.87. The summed E-state index contributed by atoms with van der Waals surface area (Å²) in [4.78, 5) is 0. The van der Waals surface area contributed by atoms with Gasteiger partial charge in [0.15, 0.2) is 0 Å².